The van der Waals surface area contributed by atoms with E-state index < -0.39 is 5.97 Å². The number of carboxylic acids is 1. The van der Waals surface area contributed by atoms with E-state index in [9.17, 15) is 4.79 Å². The van der Waals surface area contributed by atoms with E-state index in [1.54, 1.807) is 0 Å². The first-order valence-electron chi connectivity index (χ1n) is 5.23. The second-order valence-corrected chi connectivity index (χ2v) is 3.97. The summed E-state index contributed by atoms with van der Waals surface area (Å²) in [5.41, 5.74) is 1.18. The normalized spacial score (nSPS) is 23.1. The second kappa shape index (κ2) is 4.03. The van der Waals surface area contributed by atoms with Crippen molar-refractivity contribution in [1.29, 1.82) is 0 Å². The van der Waals surface area contributed by atoms with Crippen molar-refractivity contribution in [3.8, 4) is 0 Å². The Labute approximate surface area is 89.3 Å². The summed E-state index contributed by atoms with van der Waals surface area (Å²) >= 11 is 0. The van der Waals surface area contributed by atoms with E-state index in [2.05, 4.69) is 6.92 Å². The van der Waals surface area contributed by atoms with Crippen LogP contribution in [-0.4, -0.2) is 28.6 Å². The van der Waals surface area contributed by atoms with Crippen LogP contribution >= 0.6 is 0 Å². The first kappa shape index (κ1) is 10.2. The van der Waals surface area contributed by atoms with Crippen LogP contribution in [0.3, 0.4) is 0 Å². The lowest BCUT2D eigenvalue weighted by Gasteiger charge is -2.42. The number of carbonyl (C=O) groups is 1. The number of rotatable bonds is 3. The van der Waals surface area contributed by atoms with Crippen LogP contribution in [0.15, 0.2) is 30.3 Å². The quantitative estimate of drug-likeness (QED) is 0.819. The molecule has 1 N–H and O–H groups in total. The van der Waals surface area contributed by atoms with Crippen LogP contribution in [0.2, 0.25) is 0 Å². The Morgan fingerprint density at radius 3 is 2.60 bits per heavy atom. The number of carboxylic acid groups (broad SMARTS) is 1. The molecule has 0 radical (unpaired) electrons. The molecule has 0 aromatic heterocycles. The van der Waals surface area contributed by atoms with E-state index in [0.717, 1.165) is 13.0 Å². The van der Waals surface area contributed by atoms with Crippen LogP contribution in [0.4, 0.5) is 0 Å². The molecule has 2 atom stereocenters. The topological polar surface area (TPSA) is 40.5 Å². The first-order valence-corrected chi connectivity index (χ1v) is 5.23. The van der Waals surface area contributed by atoms with Gasteiger partial charge < -0.3 is 5.11 Å². The third-order valence-electron chi connectivity index (χ3n) is 3.13. The fraction of sp³-hybridized carbons (Fsp3) is 0.417. The fourth-order valence-electron chi connectivity index (χ4n) is 2.06. The van der Waals surface area contributed by atoms with Crippen molar-refractivity contribution in [3.05, 3.63) is 35.9 Å². The molecule has 2 rings (SSSR count). The Hall–Kier alpha value is -1.35. The summed E-state index contributed by atoms with van der Waals surface area (Å²) in [6.45, 7) is 2.94. The molecule has 15 heavy (non-hydrogen) atoms. The predicted molar refractivity (Wildman–Crippen MR) is 57.6 cm³/mol. The van der Waals surface area contributed by atoms with Crippen molar-refractivity contribution in [2.75, 3.05) is 6.54 Å². The van der Waals surface area contributed by atoms with E-state index in [0.29, 0.717) is 0 Å². The lowest BCUT2D eigenvalue weighted by molar-refractivity contribution is -0.150. The van der Waals surface area contributed by atoms with Gasteiger partial charge in [-0.25, -0.2) is 0 Å². The zero-order valence-electron chi connectivity index (χ0n) is 8.76. The van der Waals surface area contributed by atoms with Crippen molar-refractivity contribution in [2.24, 2.45) is 0 Å². The Balaban J connectivity index is 2.09. The molecule has 1 heterocycles. The highest BCUT2D eigenvalue weighted by Gasteiger charge is 2.37. The van der Waals surface area contributed by atoms with Crippen molar-refractivity contribution >= 4 is 5.97 Å². The summed E-state index contributed by atoms with van der Waals surface area (Å²) in [7, 11) is 0. The number of benzene rings is 1. The highest BCUT2D eigenvalue weighted by Crippen LogP contribution is 2.29. The largest absolute Gasteiger partial charge is 0.480 e. The molecule has 0 aliphatic carbocycles. The van der Waals surface area contributed by atoms with Crippen LogP contribution in [0.25, 0.3) is 0 Å². The van der Waals surface area contributed by atoms with Gasteiger partial charge in [-0.15, -0.1) is 0 Å². The van der Waals surface area contributed by atoms with E-state index in [-0.39, 0.29) is 12.1 Å². The number of likely N-dealkylation sites (tertiary alicyclic amines) is 1. The highest BCUT2D eigenvalue weighted by molar-refractivity contribution is 5.74. The molecular weight excluding hydrogens is 190 g/mol. The number of aliphatic carboxylic acids is 1. The van der Waals surface area contributed by atoms with Crippen molar-refractivity contribution < 1.29 is 9.90 Å². The highest BCUT2D eigenvalue weighted by atomic mass is 16.4. The van der Waals surface area contributed by atoms with Crippen LogP contribution in [0.1, 0.15) is 24.9 Å². The molecule has 1 aromatic rings. The van der Waals surface area contributed by atoms with Gasteiger partial charge in [0, 0.05) is 12.6 Å². The van der Waals surface area contributed by atoms with E-state index >= 15 is 0 Å². The molecule has 0 amide bonds. The molecule has 80 valence electrons. The summed E-state index contributed by atoms with van der Waals surface area (Å²) in [4.78, 5) is 12.9. The molecule has 1 fully saturated rings. The molecule has 1 aliphatic rings. The van der Waals surface area contributed by atoms with Gasteiger partial charge in [0.25, 0.3) is 0 Å². The van der Waals surface area contributed by atoms with Crippen LogP contribution < -0.4 is 0 Å². The maximum absolute atomic E-state index is 10.9. The Kier molecular flexibility index (Phi) is 2.73. The number of hydrogen-bond donors (Lipinski definition) is 1. The molecular formula is C12H15NO2. The average molecular weight is 205 g/mol. The molecule has 3 nitrogen and oxygen atoms in total. The third-order valence-corrected chi connectivity index (χ3v) is 3.13. The summed E-state index contributed by atoms with van der Waals surface area (Å²) in [5, 5.41) is 8.96. The van der Waals surface area contributed by atoms with Gasteiger partial charge in [0.2, 0.25) is 0 Å². The summed E-state index contributed by atoms with van der Waals surface area (Å²) in [5.74, 6) is -0.705. The van der Waals surface area contributed by atoms with E-state index in [4.69, 9.17) is 5.11 Å². The maximum Gasteiger partial charge on any atom is 0.320 e. The average Bonchev–Trinajstić information content (AvgIpc) is 2.16. The van der Waals surface area contributed by atoms with Crippen molar-refractivity contribution in [1.82, 2.24) is 4.90 Å². The Morgan fingerprint density at radius 2 is 2.13 bits per heavy atom. The van der Waals surface area contributed by atoms with Gasteiger partial charge in [0.1, 0.15) is 6.04 Å². The minimum absolute atomic E-state index is 0.195. The van der Waals surface area contributed by atoms with E-state index in [1.807, 2.05) is 35.2 Å². The van der Waals surface area contributed by atoms with Crippen LogP contribution in [0.5, 0.6) is 0 Å². The number of nitrogens with zero attached hydrogens (tertiary/aromatic N) is 1. The molecule has 2 unspecified atom stereocenters. The second-order valence-electron chi connectivity index (χ2n) is 3.97. The molecule has 1 aliphatic heterocycles. The molecule has 3 heteroatoms. The Bertz CT molecular complexity index is 350. The van der Waals surface area contributed by atoms with Crippen molar-refractivity contribution in [3.63, 3.8) is 0 Å². The molecule has 1 saturated heterocycles. The third kappa shape index (κ3) is 1.88. The van der Waals surface area contributed by atoms with Crippen LogP contribution in [0, 0.1) is 0 Å². The van der Waals surface area contributed by atoms with Gasteiger partial charge >= 0.3 is 5.97 Å². The monoisotopic (exact) mass is 205 g/mol. The minimum Gasteiger partial charge on any atom is -0.480 e. The van der Waals surface area contributed by atoms with Gasteiger partial charge in [-0.3, -0.25) is 9.69 Å². The van der Waals surface area contributed by atoms with Crippen molar-refractivity contribution in [2.45, 2.75) is 25.4 Å². The first-order chi connectivity index (χ1) is 7.20. The van der Waals surface area contributed by atoms with E-state index in [1.165, 1.54) is 5.56 Å². The zero-order chi connectivity index (χ0) is 10.8. The van der Waals surface area contributed by atoms with Gasteiger partial charge in [0.05, 0.1) is 0 Å². The fourth-order valence-corrected chi connectivity index (χ4v) is 2.06. The van der Waals surface area contributed by atoms with Gasteiger partial charge in [-0.05, 0) is 18.9 Å². The number of hydrogen-bond acceptors (Lipinski definition) is 2. The molecule has 0 saturated carbocycles. The molecule has 0 spiro atoms. The van der Waals surface area contributed by atoms with Crippen LogP contribution in [-0.2, 0) is 4.79 Å². The Morgan fingerprint density at radius 1 is 1.47 bits per heavy atom. The predicted octanol–water partition coefficient (Wildman–Crippen LogP) is 1.91. The summed E-state index contributed by atoms with van der Waals surface area (Å²) in [6.07, 6.45) is 0.770. The summed E-state index contributed by atoms with van der Waals surface area (Å²) < 4.78 is 0. The van der Waals surface area contributed by atoms with Gasteiger partial charge in [0.15, 0.2) is 0 Å². The standard InChI is InChI=1S/C12H15NO2/c1-9(10-5-3-2-4-6-10)13-8-7-11(13)12(14)15/h2-6,9,11H,7-8H2,1H3,(H,14,15). The smallest absolute Gasteiger partial charge is 0.320 e. The van der Waals surface area contributed by atoms with Gasteiger partial charge in [-0.1, -0.05) is 30.3 Å². The maximum atomic E-state index is 10.9. The lowest BCUT2D eigenvalue weighted by Crippen LogP contribution is -2.53. The SMILES string of the molecule is CC(c1ccccc1)N1CCC1C(=O)O. The zero-order valence-corrected chi connectivity index (χ0v) is 8.76. The summed E-state index contributed by atoms with van der Waals surface area (Å²) in [6, 6.07) is 9.94. The lowest BCUT2D eigenvalue weighted by atomic mass is 9.96. The molecule has 0 bridgehead atoms. The molecule has 1 aromatic carbocycles. The van der Waals surface area contributed by atoms with Gasteiger partial charge in [-0.2, -0.15) is 0 Å². The minimum atomic E-state index is -0.705.